The summed E-state index contributed by atoms with van der Waals surface area (Å²) in [5.41, 5.74) is 1.58. The highest BCUT2D eigenvalue weighted by molar-refractivity contribution is 5.85. The Morgan fingerprint density at radius 3 is 2.75 bits per heavy atom. The van der Waals surface area contributed by atoms with Gasteiger partial charge < -0.3 is 9.84 Å². The van der Waals surface area contributed by atoms with Crippen LogP contribution in [0.3, 0.4) is 0 Å². The Kier molecular flexibility index (Phi) is 2.75. The second-order valence-corrected chi connectivity index (χ2v) is 3.61. The Morgan fingerprint density at radius 2 is 2.12 bits per heavy atom. The minimum atomic E-state index is -0.498. The largest absolute Gasteiger partial charge is 0.494 e. The molecule has 1 heterocycles. The van der Waals surface area contributed by atoms with Gasteiger partial charge in [0.1, 0.15) is 22.8 Å². The third-order valence-electron chi connectivity index (χ3n) is 2.42. The highest BCUT2D eigenvalue weighted by Crippen LogP contribution is 2.27. The summed E-state index contributed by atoms with van der Waals surface area (Å²) in [4.78, 5) is 4.06. The van der Waals surface area contributed by atoms with E-state index in [1.165, 1.54) is 13.2 Å². The van der Waals surface area contributed by atoms with Crippen LogP contribution in [0.2, 0.25) is 0 Å². The van der Waals surface area contributed by atoms with Gasteiger partial charge in [-0.05, 0) is 30.7 Å². The molecule has 0 spiro atoms. The van der Waals surface area contributed by atoms with Gasteiger partial charge in [0.25, 0.3) is 0 Å². The van der Waals surface area contributed by atoms with Crippen LogP contribution in [-0.4, -0.2) is 17.2 Å². The maximum absolute atomic E-state index is 13.4. The molecule has 2 aromatic rings. The second-order valence-electron chi connectivity index (χ2n) is 3.61. The number of methoxy groups -OCH3 is 1. The fraction of sp³-hybridized carbons (Fsp3) is 0.250. The molecule has 0 aliphatic heterocycles. The minimum absolute atomic E-state index is 0.0367. The summed E-state index contributed by atoms with van der Waals surface area (Å²) in [6.45, 7) is 1.48. The predicted octanol–water partition coefficient (Wildman–Crippen LogP) is 2.18. The molecule has 0 amide bonds. The number of aliphatic hydroxyl groups excluding tert-OH is 1. The molecular formula is C12H12FNO2. The number of benzene rings is 1. The molecule has 2 rings (SSSR count). The first-order valence-electron chi connectivity index (χ1n) is 4.90. The maximum Gasteiger partial charge on any atom is 0.147 e. The summed E-state index contributed by atoms with van der Waals surface area (Å²) in [7, 11) is 1.54. The van der Waals surface area contributed by atoms with Gasteiger partial charge in [-0.1, -0.05) is 0 Å². The molecule has 4 heteroatoms. The molecule has 0 aliphatic rings. The first kappa shape index (κ1) is 10.8. The molecule has 0 saturated heterocycles. The van der Waals surface area contributed by atoms with Crippen LogP contribution in [0.25, 0.3) is 10.9 Å². The number of hydrogen-bond acceptors (Lipinski definition) is 3. The Bertz CT molecular complexity index is 540. The molecule has 0 aliphatic carbocycles. The first-order chi connectivity index (χ1) is 7.65. The number of aryl methyl sites for hydroxylation is 1. The maximum atomic E-state index is 13.4. The molecule has 1 N–H and O–H groups in total. The SMILES string of the molecule is COc1cc(C)cc2cc(F)c(CO)nc12. The summed E-state index contributed by atoms with van der Waals surface area (Å²) < 4.78 is 18.6. The van der Waals surface area contributed by atoms with Crippen LogP contribution in [0.1, 0.15) is 11.3 Å². The van der Waals surface area contributed by atoms with Crippen LogP contribution in [0.5, 0.6) is 5.75 Å². The van der Waals surface area contributed by atoms with Crippen LogP contribution >= 0.6 is 0 Å². The zero-order valence-corrected chi connectivity index (χ0v) is 9.12. The molecular weight excluding hydrogens is 209 g/mol. The topological polar surface area (TPSA) is 42.4 Å². The smallest absolute Gasteiger partial charge is 0.147 e. The molecule has 0 saturated carbocycles. The lowest BCUT2D eigenvalue weighted by Gasteiger charge is -2.08. The Balaban J connectivity index is 2.79. The lowest BCUT2D eigenvalue weighted by Crippen LogP contribution is -1.97. The fourth-order valence-corrected chi connectivity index (χ4v) is 1.68. The fourth-order valence-electron chi connectivity index (χ4n) is 1.68. The van der Waals surface area contributed by atoms with Gasteiger partial charge in [-0.2, -0.15) is 0 Å². The molecule has 1 aromatic carbocycles. The lowest BCUT2D eigenvalue weighted by molar-refractivity contribution is 0.270. The van der Waals surface area contributed by atoms with Gasteiger partial charge in [0.2, 0.25) is 0 Å². The van der Waals surface area contributed by atoms with Gasteiger partial charge in [0.05, 0.1) is 13.7 Å². The van der Waals surface area contributed by atoms with Gasteiger partial charge in [0, 0.05) is 5.39 Å². The number of ether oxygens (including phenoxy) is 1. The quantitative estimate of drug-likeness (QED) is 0.845. The van der Waals surface area contributed by atoms with Crippen molar-refractivity contribution in [3.63, 3.8) is 0 Å². The molecule has 84 valence electrons. The van der Waals surface area contributed by atoms with E-state index in [1.807, 2.05) is 19.1 Å². The summed E-state index contributed by atoms with van der Waals surface area (Å²) in [6.07, 6.45) is 0. The van der Waals surface area contributed by atoms with Crippen LogP contribution in [0, 0.1) is 12.7 Å². The van der Waals surface area contributed by atoms with Crippen molar-refractivity contribution >= 4 is 10.9 Å². The van der Waals surface area contributed by atoms with Crippen molar-refractivity contribution < 1.29 is 14.2 Å². The molecule has 1 aromatic heterocycles. The monoisotopic (exact) mass is 221 g/mol. The van der Waals surface area contributed by atoms with Crippen LogP contribution < -0.4 is 4.74 Å². The number of rotatable bonds is 2. The summed E-state index contributed by atoms with van der Waals surface area (Å²) in [6, 6.07) is 5.02. The van der Waals surface area contributed by atoms with Crippen molar-refractivity contribution in [1.29, 1.82) is 0 Å². The number of aliphatic hydroxyl groups is 1. The number of pyridine rings is 1. The highest BCUT2D eigenvalue weighted by atomic mass is 19.1. The number of halogens is 1. The van der Waals surface area contributed by atoms with Gasteiger partial charge in [0.15, 0.2) is 0 Å². The zero-order chi connectivity index (χ0) is 11.7. The average molecular weight is 221 g/mol. The normalized spacial score (nSPS) is 10.8. The molecule has 0 atom stereocenters. The predicted molar refractivity (Wildman–Crippen MR) is 58.9 cm³/mol. The number of nitrogens with zero attached hydrogens (tertiary/aromatic N) is 1. The molecule has 0 fully saturated rings. The average Bonchev–Trinajstić information content (AvgIpc) is 2.26. The van der Waals surface area contributed by atoms with E-state index in [9.17, 15) is 4.39 Å². The third kappa shape index (κ3) is 1.72. The first-order valence-corrected chi connectivity index (χ1v) is 4.90. The van der Waals surface area contributed by atoms with E-state index >= 15 is 0 Å². The van der Waals surface area contributed by atoms with Crippen molar-refractivity contribution in [2.75, 3.05) is 7.11 Å². The van der Waals surface area contributed by atoms with E-state index in [2.05, 4.69) is 4.98 Å². The van der Waals surface area contributed by atoms with Gasteiger partial charge in [-0.15, -0.1) is 0 Å². The van der Waals surface area contributed by atoms with Gasteiger partial charge >= 0.3 is 0 Å². The van der Waals surface area contributed by atoms with Gasteiger partial charge in [-0.25, -0.2) is 9.37 Å². The lowest BCUT2D eigenvalue weighted by atomic mass is 10.1. The summed E-state index contributed by atoms with van der Waals surface area (Å²) in [5.74, 6) is 0.0901. The number of hydrogen-bond donors (Lipinski definition) is 1. The van der Waals surface area contributed by atoms with E-state index in [0.29, 0.717) is 16.7 Å². The van der Waals surface area contributed by atoms with E-state index in [-0.39, 0.29) is 5.69 Å². The number of aromatic nitrogens is 1. The van der Waals surface area contributed by atoms with Crippen molar-refractivity contribution in [3.05, 3.63) is 35.3 Å². The van der Waals surface area contributed by atoms with Crippen molar-refractivity contribution in [3.8, 4) is 5.75 Å². The Hall–Kier alpha value is -1.68. The standard InChI is InChI=1S/C12H12FNO2/c1-7-3-8-5-9(13)10(6-15)14-12(8)11(4-7)16-2/h3-5,15H,6H2,1-2H3. The number of fused-ring (bicyclic) bond motifs is 1. The molecule has 0 unspecified atom stereocenters. The third-order valence-corrected chi connectivity index (χ3v) is 2.42. The molecule has 3 nitrogen and oxygen atoms in total. The Labute approximate surface area is 92.5 Å². The van der Waals surface area contributed by atoms with E-state index < -0.39 is 12.4 Å². The molecule has 0 radical (unpaired) electrons. The van der Waals surface area contributed by atoms with Crippen LogP contribution in [-0.2, 0) is 6.61 Å². The molecule has 16 heavy (non-hydrogen) atoms. The minimum Gasteiger partial charge on any atom is -0.494 e. The second kappa shape index (κ2) is 4.06. The summed E-state index contributed by atoms with van der Waals surface area (Å²) >= 11 is 0. The van der Waals surface area contributed by atoms with Crippen LogP contribution in [0.4, 0.5) is 4.39 Å². The zero-order valence-electron chi connectivity index (χ0n) is 9.12. The van der Waals surface area contributed by atoms with Gasteiger partial charge in [-0.3, -0.25) is 0 Å². The molecule has 0 bridgehead atoms. The van der Waals surface area contributed by atoms with E-state index in [1.54, 1.807) is 0 Å². The van der Waals surface area contributed by atoms with Crippen molar-refractivity contribution in [2.45, 2.75) is 13.5 Å². The highest BCUT2D eigenvalue weighted by Gasteiger charge is 2.10. The van der Waals surface area contributed by atoms with Crippen LogP contribution in [0.15, 0.2) is 18.2 Å². The van der Waals surface area contributed by atoms with Crippen molar-refractivity contribution in [2.24, 2.45) is 0 Å². The summed E-state index contributed by atoms with van der Waals surface area (Å²) in [5, 5.41) is 9.63. The van der Waals surface area contributed by atoms with E-state index in [4.69, 9.17) is 9.84 Å². The van der Waals surface area contributed by atoms with E-state index in [0.717, 1.165) is 5.56 Å². The Morgan fingerprint density at radius 1 is 1.38 bits per heavy atom. The van der Waals surface area contributed by atoms with Crippen molar-refractivity contribution in [1.82, 2.24) is 4.98 Å².